The number of aliphatic carboxylic acids is 1. The Labute approximate surface area is 257 Å². The maximum atomic E-state index is 13.1. The Morgan fingerprint density at radius 2 is 1.91 bits per heavy atom. The van der Waals surface area contributed by atoms with Crippen LogP contribution in [0.3, 0.4) is 0 Å². The second-order valence-corrected chi connectivity index (χ2v) is 12.9. The van der Waals surface area contributed by atoms with Gasteiger partial charge in [0.05, 0.1) is 24.2 Å². The fourth-order valence-electron chi connectivity index (χ4n) is 6.77. The predicted octanol–water partition coefficient (Wildman–Crippen LogP) is 4.36. The smallest absolute Gasteiger partial charge is 0.318 e. The Morgan fingerprint density at radius 1 is 1.11 bits per heavy atom. The molecule has 0 unspecified atom stereocenters. The number of piperazine rings is 1. The molecule has 2 N–H and O–H groups in total. The lowest BCUT2D eigenvalue weighted by molar-refractivity contribution is -0.146. The molecule has 0 bridgehead atoms. The molecule has 3 aliphatic heterocycles. The van der Waals surface area contributed by atoms with Crippen LogP contribution >= 0.6 is 0 Å². The summed E-state index contributed by atoms with van der Waals surface area (Å²) in [6.45, 7) is 8.97. The van der Waals surface area contributed by atoms with Crippen molar-refractivity contribution < 1.29 is 23.4 Å². The molecule has 9 nitrogen and oxygen atoms in total. The van der Waals surface area contributed by atoms with E-state index in [1.807, 2.05) is 17.0 Å². The molecule has 2 saturated heterocycles. The van der Waals surface area contributed by atoms with Crippen LogP contribution < -0.4 is 19.9 Å². The summed E-state index contributed by atoms with van der Waals surface area (Å²) in [6.07, 6.45) is 0.507. The number of carboxylic acid groups (broad SMARTS) is 1. The highest BCUT2D eigenvalue weighted by molar-refractivity contribution is 5.95. The van der Waals surface area contributed by atoms with E-state index in [1.54, 1.807) is 13.8 Å². The number of ether oxygens (including phenoxy) is 1. The highest BCUT2D eigenvalue weighted by Gasteiger charge is 2.31. The Morgan fingerprint density at radius 3 is 2.68 bits per heavy atom. The molecule has 0 radical (unpaired) electrons. The van der Waals surface area contributed by atoms with Crippen molar-refractivity contribution in [2.75, 3.05) is 62.2 Å². The van der Waals surface area contributed by atoms with Crippen molar-refractivity contribution in [3.8, 4) is 6.01 Å². The molecular formula is C33H42F2N6O3. The van der Waals surface area contributed by atoms with Crippen molar-refractivity contribution in [1.29, 1.82) is 0 Å². The van der Waals surface area contributed by atoms with Gasteiger partial charge >= 0.3 is 12.0 Å². The lowest BCUT2D eigenvalue weighted by Crippen LogP contribution is -2.45. The molecule has 0 saturated carbocycles. The summed E-state index contributed by atoms with van der Waals surface area (Å²) < 4.78 is 32.5. The fourth-order valence-corrected chi connectivity index (χ4v) is 6.77. The molecule has 1 aromatic heterocycles. The van der Waals surface area contributed by atoms with E-state index in [0.717, 1.165) is 91.1 Å². The number of aromatic nitrogens is 2. The van der Waals surface area contributed by atoms with Crippen molar-refractivity contribution in [1.82, 2.24) is 20.2 Å². The molecule has 4 heterocycles. The zero-order valence-electron chi connectivity index (χ0n) is 25.6. The predicted molar refractivity (Wildman–Crippen MR) is 167 cm³/mol. The first-order chi connectivity index (χ1) is 21.2. The number of alkyl halides is 2. The number of halogens is 2. The minimum absolute atomic E-state index is 0.0769. The first kappa shape index (κ1) is 30.5. The van der Waals surface area contributed by atoms with E-state index < -0.39 is 17.8 Å². The molecule has 0 amide bonds. The number of carbonyl (C=O) groups is 1. The molecule has 0 aliphatic carbocycles. The average molecular weight is 609 g/mol. The van der Waals surface area contributed by atoms with Crippen LogP contribution in [-0.2, 0) is 24.2 Å². The molecule has 3 aromatic rings. The van der Waals surface area contributed by atoms with Crippen LogP contribution in [0.4, 0.5) is 20.3 Å². The molecule has 0 spiro atoms. The Kier molecular flexibility index (Phi) is 8.87. The quantitative estimate of drug-likeness (QED) is 0.348. The van der Waals surface area contributed by atoms with Gasteiger partial charge in [0.15, 0.2) is 0 Å². The molecule has 2 aromatic carbocycles. The number of fused-ring (bicyclic) bond motifs is 2. The van der Waals surface area contributed by atoms with Crippen LogP contribution in [0.2, 0.25) is 0 Å². The minimum atomic E-state index is -2.37. The first-order valence-corrected chi connectivity index (χ1v) is 15.7. The molecule has 2 fully saturated rings. The topological polar surface area (TPSA) is 94.1 Å². The summed E-state index contributed by atoms with van der Waals surface area (Å²) in [6, 6.07) is 12.7. The molecule has 3 aliphatic rings. The van der Waals surface area contributed by atoms with Crippen LogP contribution in [0.5, 0.6) is 6.01 Å². The van der Waals surface area contributed by atoms with Crippen molar-refractivity contribution in [2.24, 2.45) is 5.41 Å². The third-order valence-corrected chi connectivity index (χ3v) is 9.18. The van der Waals surface area contributed by atoms with Gasteiger partial charge in [0.1, 0.15) is 12.4 Å². The van der Waals surface area contributed by atoms with E-state index in [-0.39, 0.29) is 19.2 Å². The van der Waals surface area contributed by atoms with Crippen LogP contribution in [0.1, 0.15) is 43.5 Å². The second kappa shape index (κ2) is 12.8. The summed E-state index contributed by atoms with van der Waals surface area (Å²) in [5.74, 6) is 0.0857. The Balaban J connectivity index is 1.31. The number of hydrogen-bond acceptors (Lipinski definition) is 8. The molecular weight excluding hydrogens is 566 g/mol. The SMILES string of the molecule is CC(C)(Cc1cc(N2CCc3c(nc(OC[C@@H]4CCCN4CC(F)F)nc3N3CCNCC3)C2)c2ccccc2c1)C(=O)O. The van der Waals surface area contributed by atoms with Crippen molar-refractivity contribution >= 4 is 28.2 Å². The standard InChI is InChI=1S/C33H42F2N6O3/c1-33(2,31(42)43)18-22-16-23-6-3-4-8-25(23)28(17-22)41-13-9-26-27(19-41)37-32(38-30(26)39-14-10-36-11-15-39)44-21-24-7-5-12-40(24)20-29(34)35/h3-4,6,8,16-17,24,29,36H,5,7,9-15,18-21H2,1-2H3,(H,42,43)/t24-/m0/s1. The number of benzene rings is 2. The van der Waals surface area contributed by atoms with Crippen molar-refractivity contribution in [3.63, 3.8) is 0 Å². The normalized spacial score (nSPS) is 19.5. The van der Waals surface area contributed by atoms with E-state index in [4.69, 9.17) is 14.7 Å². The van der Waals surface area contributed by atoms with Gasteiger partial charge < -0.3 is 25.0 Å². The fraction of sp³-hybridized carbons (Fsp3) is 0.545. The molecule has 236 valence electrons. The van der Waals surface area contributed by atoms with Crippen molar-refractivity contribution in [3.05, 3.63) is 53.2 Å². The third kappa shape index (κ3) is 6.58. The average Bonchev–Trinajstić information content (AvgIpc) is 3.45. The summed E-state index contributed by atoms with van der Waals surface area (Å²) in [5.41, 5.74) is 3.18. The molecule has 1 atom stereocenters. The van der Waals surface area contributed by atoms with Gasteiger partial charge in [0, 0.05) is 55.4 Å². The van der Waals surface area contributed by atoms with Gasteiger partial charge in [0.25, 0.3) is 6.43 Å². The van der Waals surface area contributed by atoms with Crippen LogP contribution in [0.15, 0.2) is 36.4 Å². The van der Waals surface area contributed by atoms with Crippen LogP contribution in [-0.4, -0.2) is 90.8 Å². The summed E-state index contributed by atoms with van der Waals surface area (Å²) in [4.78, 5) is 28.2. The van der Waals surface area contributed by atoms with E-state index in [0.29, 0.717) is 25.5 Å². The van der Waals surface area contributed by atoms with E-state index in [9.17, 15) is 18.7 Å². The zero-order valence-corrected chi connectivity index (χ0v) is 25.6. The second-order valence-electron chi connectivity index (χ2n) is 12.9. The number of nitrogens with one attached hydrogen (secondary N) is 1. The molecule has 44 heavy (non-hydrogen) atoms. The summed E-state index contributed by atoms with van der Waals surface area (Å²) in [5, 5.41) is 15.4. The molecule has 11 heteroatoms. The number of rotatable bonds is 10. The lowest BCUT2D eigenvalue weighted by Gasteiger charge is -2.36. The molecule has 6 rings (SSSR count). The van der Waals surface area contributed by atoms with Crippen LogP contribution in [0.25, 0.3) is 10.8 Å². The van der Waals surface area contributed by atoms with E-state index >= 15 is 0 Å². The number of anilines is 2. The number of carboxylic acids is 1. The zero-order chi connectivity index (χ0) is 30.8. The van der Waals surface area contributed by atoms with Gasteiger partial charge in [-0.15, -0.1) is 0 Å². The van der Waals surface area contributed by atoms with Gasteiger partial charge in [-0.25, -0.2) is 8.78 Å². The van der Waals surface area contributed by atoms with E-state index in [1.165, 1.54) is 0 Å². The third-order valence-electron chi connectivity index (χ3n) is 9.18. The number of nitrogens with zero attached hydrogens (tertiary/aromatic N) is 5. The Hall–Kier alpha value is -3.57. The first-order valence-electron chi connectivity index (χ1n) is 15.7. The highest BCUT2D eigenvalue weighted by Crippen LogP contribution is 2.36. The van der Waals surface area contributed by atoms with Gasteiger partial charge in [-0.3, -0.25) is 9.69 Å². The van der Waals surface area contributed by atoms with E-state index in [2.05, 4.69) is 39.4 Å². The monoisotopic (exact) mass is 608 g/mol. The summed E-state index contributed by atoms with van der Waals surface area (Å²) in [7, 11) is 0. The largest absolute Gasteiger partial charge is 0.481 e. The van der Waals surface area contributed by atoms with Gasteiger partial charge in [0.2, 0.25) is 0 Å². The number of likely N-dealkylation sites (tertiary alicyclic amines) is 1. The van der Waals surface area contributed by atoms with Gasteiger partial charge in [-0.05, 0) is 63.1 Å². The van der Waals surface area contributed by atoms with Gasteiger partial charge in [-0.2, -0.15) is 9.97 Å². The van der Waals surface area contributed by atoms with Crippen LogP contribution in [0, 0.1) is 5.41 Å². The summed E-state index contributed by atoms with van der Waals surface area (Å²) >= 11 is 0. The maximum absolute atomic E-state index is 13.1. The number of hydrogen-bond donors (Lipinski definition) is 2. The minimum Gasteiger partial charge on any atom is -0.481 e. The Bertz CT molecular complexity index is 1500. The highest BCUT2D eigenvalue weighted by atomic mass is 19.3. The van der Waals surface area contributed by atoms with Crippen molar-refractivity contribution in [2.45, 2.75) is 58.5 Å². The van der Waals surface area contributed by atoms with Gasteiger partial charge in [-0.1, -0.05) is 30.3 Å². The lowest BCUT2D eigenvalue weighted by atomic mass is 9.85. The maximum Gasteiger partial charge on any atom is 0.318 e.